The molecule has 0 spiro atoms. The Kier molecular flexibility index (Phi) is 9.73. The molecule has 1 amide bonds. The van der Waals surface area contributed by atoms with Gasteiger partial charge >= 0.3 is 5.97 Å². The summed E-state index contributed by atoms with van der Waals surface area (Å²) in [6.45, 7) is 17.6. The van der Waals surface area contributed by atoms with Gasteiger partial charge in [0.2, 0.25) is 5.91 Å². The van der Waals surface area contributed by atoms with Crippen molar-refractivity contribution in [1.29, 1.82) is 0 Å². The number of esters is 1. The minimum Gasteiger partial charge on any atom is -0.469 e. The Balaban J connectivity index is 1.76. The van der Waals surface area contributed by atoms with Crippen molar-refractivity contribution in [3.8, 4) is 0 Å². The minimum absolute atomic E-state index is 0.254. The van der Waals surface area contributed by atoms with Crippen LogP contribution in [0.15, 0.2) is 48.6 Å². The monoisotopic (exact) mass is 674 g/mol. The lowest BCUT2D eigenvalue weighted by Crippen LogP contribution is -2.44. The third-order valence-electron chi connectivity index (χ3n) is 11.0. The molecule has 2 aliphatic heterocycles. The predicted molar refractivity (Wildman–Crippen MR) is 202 cm³/mol. The van der Waals surface area contributed by atoms with Crippen LogP contribution in [0.2, 0.25) is 0 Å². The first-order chi connectivity index (χ1) is 24.0. The Morgan fingerprint density at radius 3 is 2.40 bits per heavy atom. The Morgan fingerprint density at radius 2 is 1.72 bits per heavy atom. The molecule has 4 atom stereocenters. The summed E-state index contributed by atoms with van der Waals surface area (Å²) in [4.78, 5) is 45.3. The average Bonchev–Trinajstić information content (AvgIpc) is 3.75. The molecular formula is C41H50N6O3. The smallest absolute Gasteiger partial charge is 0.314 e. The second kappa shape index (κ2) is 13.9. The molecule has 3 aromatic rings. The van der Waals surface area contributed by atoms with Gasteiger partial charge in [0.05, 0.1) is 23.9 Å². The fourth-order valence-corrected chi connectivity index (χ4v) is 8.19. The number of fused-ring (bicyclic) bond motifs is 11. The van der Waals surface area contributed by atoms with E-state index in [1.54, 1.807) is 6.08 Å². The van der Waals surface area contributed by atoms with E-state index in [9.17, 15) is 9.59 Å². The van der Waals surface area contributed by atoms with Crippen LogP contribution in [0.3, 0.4) is 0 Å². The zero-order valence-electron chi connectivity index (χ0n) is 30.4. The number of hydrogen-bond acceptors (Lipinski definition) is 6. The molecule has 0 saturated carbocycles. The molecule has 3 aromatic heterocycles. The zero-order chi connectivity index (χ0) is 35.9. The molecule has 50 heavy (non-hydrogen) atoms. The molecule has 5 N–H and O–H groups in total. The lowest BCUT2D eigenvalue weighted by Gasteiger charge is -2.37. The number of nitrogens with two attached hydrogens (primary N) is 1. The summed E-state index contributed by atoms with van der Waals surface area (Å²) in [5, 5.41) is 2.86. The van der Waals surface area contributed by atoms with Crippen LogP contribution in [-0.2, 0) is 26.2 Å². The summed E-state index contributed by atoms with van der Waals surface area (Å²) < 4.78 is 5.40. The van der Waals surface area contributed by atoms with Crippen molar-refractivity contribution in [3.05, 3.63) is 93.6 Å². The van der Waals surface area contributed by atoms with E-state index in [1.807, 2.05) is 25.1 Å². The zero-order valence-corrected chi connectivity index (χ0v) is 30.4. The third kappa shape index (κ3) is 5.71. The highest BCUT2D eigenvalue weighted by Gasteiger charge is 2.53. The summed E-state index contributed by atoms with van der Waals surface area (Å²) in [5.74, 6) is -1.25. The fourth-order valence-electron chi connectivity index (χ4n) is 8.19. The second-order valence-electron chi connectivity index (χ2n) is 14.0. The van der Waals surface area contributed by atoms with Crippen molar-refractivity contribution in [2.24, 2.45) is 11.7 Å². The largest absolute Gasteiger partial charge is 0.469 e. The van der Waals surface area contributed by atoms with E-state index in [-0.39, 0.29) is 24.9 Å². The second-order valence-corrected chi connectivity index (χ2v) is 14.0. The molecule has 9 nitrogen and oxygen atoms in total. The van der Waals surface area contributed by atoms with Crippen LogP contribution in [0, 0.1) is 19.8 Å². The highest BCUT2D eigenvalue weighted by molar-refractivity contribution is 6.04. The summed E-state index contributed by atoms with van der Waals surface area (Å²) in [5.41, 5.74) is 17.6. The van der Waals surface area contributed by atoms with Gasteiger partial charge in [-0.05, 0) is 80.1 Å². The van der Waals surface area contributed by atoms with Gasteiger partial charge in [0.1, 0.15) is 5.92 Å². The van der Waals surface area contributed by atoms with Crippen LogP contribution in [0.25, 0.3) is 33.7 Å². The molecule has 8 bridgehead atoms. The van der Waals surface area contributed by atoms with Crippen LogP contribution in [0.1, 0.15) is 104 Å². The number of aromatic nitrogens is 4. The van der Waals surface area contributed by atoms with Gasteiger partial charge in [0, 0.05) is 69.5 Å². The van der Waals surface area contributed by atoms with Gasteiger partial charge in [-0.2, -0.15) is 0 Å². The minimum atomic E-state index is -1.01. The average molecular weight is 675 g/mol. The van der Waals surface area contributed by atoms with E-state index in [4.69, 9.17) is 20.4 Å². The third-order valence-corrected chi connectivity index (χ3v) is 11.0. The number of carbonyl (C=O) groups is 2. The number of amides is 1. The summed E-state index contributed by atoms with van der Waals surface area (Å²) in [6.07, 6.45) is 9.52. The maximum absolute atomic E-state index is 13.8. The fraction of sp³-hybridized carbons (Fsp3) is 0.415. The van der Waals surface area contributed by atoms with Gasteiger partial charge < -0.3 is 25.8 Å². The molecule has 0 radical (unpaired) electrons. The molecule has 6 rings (SSSR count). The Bertz CT molecular complexity index is 2100. The summed E-state index contributed by atoms with van der Waals surface area (Å²) >= 11 is 0. The number of H-pyrrole nitrogens is 2. The number of hydrogen-bond donors (Lipinski definition) is 4. The molecule has 0 aromatic carbocycles. The number of ether oxygens (including phenoxy) is 1. The van der Waals surface area contributed by atoms with Crippen LogP contribution in [-0.4, -0.2) is 52.0 Å². The normalized spacial score (nSPS) is 21.2. The van der Waals surface area contributed by atoms with Gasteiger partial charge in [-0.3, -0.25) is 19.6 Å². The van der Waals surface area contributed by atoms with Crippen molar-refractivity contribution >= 4 is 45.6 Å². The van der Waals surface area contributed by atoms with Crippen molar-refractivity contribution < 1.29 is 14.3 Å². The number of nitrogens with one attached hydrogen (secondary N) is 3. The lowest BCUT2D eigenvalue weighted by atomic mass is 9.64. The van der Waals surface area contributed by atoms with Crippen LogP contribution >= 0.6 is 0 Å². The SMILES string of the molecule is C=Cc1c(C)c2cc3nc(cc4[nH]c(cc5nc(cc1[nH]2)C(C)C5CCC)c(CCC)c4C)C1(C)C3=CC=C(C(=O)NCCN)C1C(=O)OC. The van der Waals surface area contributed by atoms with Gasteiger partial charge in [-0.25, -0.2) is 0 Å². The summed E-state index contributed by atoms with van der Waals surface area (Å²) in [6, 6.07) is 8.51. The van der Waals surface area contributed by atoms with E-state index in [0.29, 0.717) is 22.9 Å². The molecule has 1 aliphatic carbocycles. The Labute approximate surface area is 294 Å². The lowest BCUT2D eigenvalue weighted by molar-refractivity contribution is -0.146. The van der Waals surface area contributed by atoms with Gasteiger partial charge in [0.15, 0.2) is 0 Å². The molecule has 262 valence electrons. The molecule has 4 unspecified atom stereocenters. The van der Waals surface area contributed by atoms with Crippen molar-refractivity contribution in [2.45, 2.75) is 84.5 Å². The molecule has 5 heterocycles. The Hall–Kier alpha value is -4.76. The molecule has 0 saturated heterocycles. The van der Waals surface area contributed by atoms with Crippen molar-refractivity contribution in [1.82, 2.24) is 25.3 Å². The van der Waals surface area contributed by atoms with Gasteiger partial charge in [-0.1, -0.05) is 58.4 Å². The number of allylic oxidation sites excluding steroid dienone is 3. The molecular weight excluding hydrogens is 624 g/mol. The van der Waals surface area contributed by atoms with E-state index in [0.717, 1.165) is 81.4 Å². The van der Waals surface area contributed by atoms with Crippen molar-refractivity contribution in [3.63, 3.8) is 0 Å². The first kappa shape index (κ1) is 35.1. The first-order valence-electron chi connectivity index (χ1n) is 17.9. The van der Waals surface area contributed by atoms with Gasteiger partial charge in [-0.15, -0.1) is 0 Å². The highest BCUT2D eigenvalue weighted by Crippen LogP contribution is 2.52. The summed E-state index contributed by atoms with van der Waals surface area (Å²) in [7, 11) is 1.36. The molecule has 3 aliphatic rings. The number of aryl methyl sites for hydroxylation is 3. The quantitative estimate of drug-likeness (QED) is 0.175. The van der Waals surface area contributed by atoms with Crippen molar-refractivity contribution in [2.75, 3.05) is 20.2 Å². The first-order valence-corrected chi connectivity index (χ1v) is 17.9. The standard InChI is InChI=1S/C41H50N6O3/c1-9-12-26-23(5)30-18-33-25(11-3)22(4)31(44-33)19-36-29-15-14-28(39(48)43-17-16-42)38(40(49)50-8)41(29,7)37(47-36)21-32-24(6)27(13-10-2)35(46-32)20-34(26)45-30/h11,14-15,18-21,23,26,38,44,46H,3,9-10,12-13,16-17,42H2,1-2,4-8H3,(H,43,48). The van der Waals surface area contributed by atoms with E-state index in [2.05, 4.69) is 74.7 Å². The number of carbonyl (C=O) groups excluding carboxylic acids is 2. The topological polar surface area (TPSA) is 139 Å². The number of nitrogens with zero attached hydrogens (tertiary/aromatic N) is 2. The maximum Gasteiger partial charge on any atom is 0.314 e. The maximum atomic E-state index is 13.8. The number of methoxy groups -OCH3 is 1. The van der Waals surface area contributed by atoms with E-state index >= 15 is 0 Å². The Morgan fingerprint density at radius 1 is 1.00 bits per heavy atom. The van der Waals surface area contributed by atoms with E-state index in [1.165, 1.54) is 12.7 Å². The predicted octanol–water partition coefficient (Wildman–Crippen LogP) is 7.36. The molecule has 0 fully saturated rings. The molecule has 9 heteroatoms. The van der Waals surface area contributed by atoms with Crippen LogP contribution < -0.4 is 11.1 Å². The number of aromatic amines is 2. The number of rotatable bonds is 9. The van der Waals surface area contributed by atoms with Crippen LogP contribution in [0.4, 0.5) is 0 Å². The van der Waals surface area contributed by atoms with Gasteiger partial charge in [0.25, 0.3) is 0 Å². The van der Waals surface area contributed by atoms with Crippen LogP contribution in [0.5, 0.6) is 0 Å². The van der Waals surface area contributed by atoms with E-state index < -0.39 is 17.3 Å². The highest BCUT2D eigenvalue weighted by atomic mass is 16.5.